The summed E-state index contributed by atoms with van der Waals surface area (Å²) >= 11 is 0. The van der Waals surface area contributed by atoms with Gasteiger partial charge in [0, 0.05) is 12.5 Å². The van der Waals surface area contributed by atoms with E-state index >= 15 is 0 Å². The van der Waals surface area contributed by atoms with Crippen LogP contribution in [0.4, 0.5) is 0 Å². The zero-order valence-corrected chi connectivity index (χ0v) is 14.3. The molecule has 0 amide bonds. The molecule has 4 aliphatic carbocycles. The maximum Gasteiger partial charge on any atom is 0.0944 e. The Morgan fingerprint density at radius 1 is 1.05 bits per heavy atom. The number of rotatable bonds is 1. The Hall–Kier alpha value is -0.760. The standard InChI is InChI=1S/C20H30O2/c1-19-10-8-14(22-3)12-13(19)4-5-15-16-6-7-18(21)20(16,2)11-9-17(15)19/h4,7,14-17,21H,5-6,8-12H2,1-3H3/t14?,15?,16?,17?,19-,20-/m0/s1. The molecule has 122 valence electrons. The maximum absolute atomic E-state index is 10.4. The van der Waals surface area contributed by atoms with Gasteiger partial charge in [-0.3, -0.25) is 0 Å². The van der Waals surface area contributed by atoms with Gasteiger partial charge in [0.2, 0.25) is 0 Å². The summed E-state index contributed by atoms with van der Waals surface area (Å²) in [6.45, 7) is 4.82. The van der Waals surface area contributed by atoms with Crippen LogP contribution < -0.4 is 0 Å². The van der Waals surface area contributed by atoms with Crippen LogP contribution in [0.3, 0.4) is 0 Å². The van der Waals surface area contributed by atoms with Crippen molar-refractivity contribution in [3.8, 4) is 0 Å². The van der Waals surface area contributed by atoms with Gasteiger partial charge in [0.1, 0.15) is 0 Å². The van der Waals surface area contributed by atoms with Gasteiger partial charge in [0.25, 0.3) is 0 Å². The second-order valence-electron chi connectivity index (χ2n) is 8.64. The zero-order valence-electron chi connectivity index (χ0n) is 14.3. The molecular formula is C20H30O2. The van der Waals surface area contributed by atoms with Gasteiger partial charge in [0.15, 0.2) is 0 Å². The Balaban J connectivity index is 1.65. The van der Waals surface area contributed by atoms with E-state index in [1.54, 1.807) is 5.57 Å². The van der Waals surface area contributed by atoms with Gasteiger partial charge in [-0.1, -0.05) is 25.5 Å². The molecule has 0 aromatic rings. The summed E-state index contributed by atoms with van der Waals surface area (Å²) in [5.41, 5.74) is 2.12. The molecule has 2 fully saturated rings. The lowest BCUT2D eigenvalue weighted by Crippen LogP contribution is -2.50. The molecule has 0 heterocycles. The first-order valence-electron chi connectivity index (χ1n) is 9.11. The van der Waals surface area contributed by atoms with Crippen LogP contribution in [0, 0.1) is 28.6 Å². The van der Waals surface area contributed by atoms with Gasteiger partial charge in [-0.05, 0) is 74.2 Å². The Morgan fingerprint density at radius 3 is 2.59 bits per heavy atom. The van der Waals surface area contributed by atoms with E-state index in [0.29, 0.717) is 23.2 Å². The molecule has 22 heavy (non-hydrogen) atoms. The minimum atomic E-state index is 0.0621. The normalized spacial score (nSPS) is 50.5. The van der Waals surface area contributed by atoms with E-state index < -0.39 is 0 Å². The third kappa shape index (κ3) is 1.82. The van der Waals surface area contributed by atoms with Gasteiger partial charge in [0.05, 0.1) is 11.9 Å². The number of ether oxygens (including phenoxy) is 1. The largest absolute Gasteiger partial charge is 0.512 e. The first kappa shape index (κ1) is 14.8. The van der Waals surface area contributed by atoms with E-state index in [-0.39, 0.29) is 5.41 Å². The highest BCUT2D eigenvalue weighted by molar-refractivity contribution is 5.28. The third-order valence-corrected chi connectivity index (χ3v) is 7.93. The summed E-state index contributed by atoms with van der Waals surface area (Å²) in [5, 5.41) is 10.4. The zero-order chi connectivity index (χ0) is 15.5. The average Bonchev–Trinajstić information content (AvgIpc) is 2.82. The van der Waals surface area contributed by atoms with Crippen LogP contribution in [0.1, 0.15) is 58.8 Å². The molecule has 0 bridgehead atoms. The fourth-order valence-corrected chi connectivity index (χ4v) is 6.37. The van der Waals surface area contributed by atoms with Crippen molar-refractivity contribution in [1.82, 2.24) is 0 Å². The number of hydrogen-bond acceptors (Lipinski definition) is 2. The first-order chi connectivity index (χ1) is 10.5. The SMILES string of the molecule is COC1CC[C@@]2(C)C(=CCC3C2CC[C@]2(C)C(O)=CCC32)C1. The highest BCUT2D eigenvalue weighted by Gasteiger charge is 2.56. The van der Waals surface area contributed by atoms with Crippen LogP contribution in [0.2, 0.25) is 0 Å². The van der Waals surface area contributed by atoms with Crippen molar-refractivity contribution in [2.45, 2.75) is 64.9 Å². The summed E-state index contributed by atoms with van der Waals surface area (Å²) < 4.78 is 5.64. The van der Waals surface area contributed by atoms with Crippen molar-refractivity contribution in [2.75, 3.05) is 7.11 Å². The Labute approximate surface area is 134 Å². The number of hydrogen-bond donors (Lipinski definition) is 1. The molecule has 0 aromatic carbocycles. The average molecular weight is 302 g/mol. The van der Waals surface area contributed by atoms with Crippen LogP contribution in [0.25, 0.3) is 0 Å². The van der Waals surface area contributed by atoms with Crippen LogP contribution in [-0.2, 0) is 4.74 Å². The van der Waals surface area contributed by atoms with Gasteiger partial charge in [-0.2, -0.15) is 0 Å². The van der Waals surface area contributed by atoms with Crippen molar-refractivity contribution in [3.63, 3.8) is 0 Å². The highest BCUT2D eigenvalue weighted by atomic mass is 16.5. The van der Waals surface area contributed by atoms with E-state index in [1.807, 2.05) is 7.11 Å². The first-order valence-corrected chi connectivity index (χ1v) is 9.11. The highest BCUT2D eigenvalue weighted by Crippen LogP contribution is 2.64. The monoisotopic (exact) mass is 302 g/mol. The Morgan fingerprint density at radius 2 is 1.82 bits per heavy atom. The molecule has 4 rings (SSSR count). The third-order valence-electron chi connectivity index (χ3n) is 7.93. The summed E-state index contributed by atoms with van der Waals surface area (Å²) in [7, 11) is 1.86. The van der Waals surface area contributed by atoms with E-state index in [4.69, 9.17) is 4.74 Å². The van der Waals surface area contributed by atoms with Crippen LogP contribution >= 0.6 is 0 Å². The van der Waals surface area contributed by atoms with Gasteiger partial charge < -0.3 is 9.84 Å². The molecular weight excluding hydrogens is 272 g/mol. The topological polar surface area (TPSA) is 29.5 Å². The minimum absolute atomic E-state index is 0.0621. The van der Waals surface area contributed by atoms with Crippen LogP contribution in [0.5, 0.6) is 0 Å². The van der Waals surface area contributed by atoms with Crippen molar-refractivity contribution in [1.29, 1.82) is 0 Å². The number of aliphatic hydroxyl groups excluding tert-OH is 1. The van der Waals surface area contributed by atoms with Gasteiger partial charge >= 0.3 is 0 Å². The van der Waals surface area contributed by atoms with Gasteiger partial charge in [-0.25, -0.2) is 0 Å². The smallest absolute Gasteiger partial charge is 0.0944 e. The fourth-order valence-electron chi connectivity index (χ4n) is 6.37. The number of methoxy groups -OCH3 is 1. The summed E-state index contributed by atoms with van der Waals surface area (Å²) in [5.74, 6) is 2.90. The quantitative estimate of drug-likeness (QED) is 0.689. The van der Waals surface area contributed by atoms with Crippen molar-refractivity contribution in [3.05, 3.63) is 23.5 Å². The number of fused-ring (bicyclic) bond motifs is 5. The predicted molar refractivity (Wildman–Crippen MR) is 88.6 cm³/mol. The maximum atomic E-state index is 10.4. The van der Waals surface area contributed by atoms with E-state index in [0.717, 1.165) is 31.1 Å². The summed E-state index contributed by atoms with van der Waals surface area (Å²) in [6, 6.07) is 0. The summed E-state index contributed by atoms with van der Waals surface area (Å²) in [6.07, 6.45) is 13.5. The van der Waals surface area contributed by atoms with E-state index in [1.165, 1.54) is 25.7 Å². The van der Waals surface area contributed by atoms with Gasteiger partial charge in [-0.15, -0.1) is 0 Å². The molecule has 0 spiro atoms. The summed E-state index contributed by atoms with van der Waals surface area (Å²) in [4.78, 5) is 0. The molecule has 4 aliphatic rings. The fraction of sp³-hybridized carbons (Fsp3) is 0.800. The van der Waals surface area contributed by atoms with Crippen molar-refractivity contribution < 1.29 is 9.84 Å². The molecule has 1 N–H and O–H groups in total. The second-order valence-corrected chi connectivity index (χ2v) is 8.64. The van der Waals surface area contributed by atoms with Crippen molar-refractivity contribution >= 4 is 0 Å². The number of allylic oxidation sites excluding steroid dienone is 3. The number of aliphatic hydroxyl groups is 1. The predicted octanol–water partition coefficient (Wildman–Crippen LogP) is 5.02. The Bertz CT molecular complexity index is 534. The lowest BCUT2D eigenvalue weighted by molar-refractivity contribution is -0.0436. The molecule has 0 radical (unpaired) electrons. The molecule has 0 aliphatic heterocycles. The van der Waals surface area contributed by atoms with Crippen LogP contribution in [-0.4, -0.2) is 18.3 Å². The van der Waals surface area contributed by atoms with Crippen LogP contribution in [0.15, 0.2) is 23.5 Å². The molecule has 4 unspecified atom stereocenters. The van der Waals surface area contributed by atoms with E-state index in [2.05, 4.69) is 26.0 Å². The van der Waals surface area contributed by atoms with Crippen molar-refractivity contribution in [2.24, 2.45) is 28.6 Å². The Kier molecular flexibility index (Phi) is 3.28. The molecule has 2 heteroatoms. The lowest BCUT2D eigenvalue weighted by Gasteiger charge is -2.57. The van der Waals surface area contributed by atoms with E-state index in [9.17, 15) is 5.11 Å². The minimum Gasteiger partial charge on any atom is -0.512 e. The second kappa shape index (κ2) is 4.87. The molecule has 2 nitrogen and oxygen atoms in total. The molecule has 6 atom stereocenters. The molecule has 0 aromatic heterocycles. The molecule has 2 saturated carbocycles. The molecule has 0 saturated heterocycles. The lowest BCUT2D eigenvalue weighted by atomic mass is 9.48.